The van der Waals surface area contributed by atoms with Crippen LogP contribution >= 0.6 is 0 Å². The minimum Gasteiger partial charge on any atom is -0.462 e. The van der Waals surface area contributed by atoms with Gasteiger partial charge in [0.1, 0.15) is 13.2 Å². The maximum absolute atomic E-state index is 12.7. The Hall–Kier alpha value is -1.59. The lowest BCUT2D eigenvalue weighted by atomic mass is 10.0. The number of rotatable bonds is 43. The van der Waals surface area contributed by atoms with E-state index < -0.39 is 6.10 Å². The van der Waals surface area contributed by atoms with E-state index in [0.717, 1.165) is 75.5 Å². The topological polar surface area (TPSA) is 78.9 Å². The zero-order chi connectivity index (χ0) is 41.3. The number of hydrogen-bond donors (Lipinski definition) is 0. The van der Waals surface area contributed by atoms with Crippen molar-refractivity contribution in [2.24, 2.45) is 17.8 Å². The average Bonchev–Trinajstić information content (AvgIpc) is 3.15. The number of ether oxygens (including phenoxy) is 3. The molecule has 0 N–H and O–H groups in total. The zero-order valence-electron chi connectivity index (χ0n) is 38.4. The average molecular weight is 793 g/mol. The van der Waals surface area contributed by atoms with Crippen LogP contribution in [0.2, 0.25) is 0 Å². The zero-order valence-corrected chi connectivity index (χ0v) is 38.4. The summed E-state index contributed by atoms with van der Waals surface area (Å²) in [5, 5.41) is 0. The van der Waals surface area contributed by atoms with E-state index in [-0.39, 0.29) is 31.1 Å². The molecule has 0 aromatic rings. The van der Waals surface area contributed by atoms with Crippen LogP contribution in [0, 0.1) is 17.8 Å². The minimum absolute atomic E-state index is 0.0655. The lowest BCUT2D eigenvalue weighted by molar-refractivity contribution is -0.167. The van der Waals surface area contributed by atoms with Gasteiger partial charge < -0.3 is 14.2 Å². The van der Waals surface area contributed by atoms with Crippen LogP contribution in [0.1, 0.15) is 266 Å². The highest BCUT2D eigenvalue weighted by molar-refractivity contribution is 5.71. The van der Waals surface area contributed by atoms with E-state index in [9.17, 15) is 14.4 Å². The maximum Gasteiger partial charge on any atom is 0.306 e. The monoisotopic (exact) mass is 793 g/mol. The smallest absolute Gasteiger partial charge is 0.306 e. The van der Waals surface area contributed by atoms with Crippen molar-refractivity contribution in [3.05, 3.63) is 0 Å². The fraction of sp³-hybridized carbons (Fsp3) is 0.940. The lowest BCUT2D eigenvalue weighted by Gasteiger charge is -2.18. The van der Waals surface area contributed by atoms with Gasteiger partial charge in [-0.2, -0.15) is 0 Å². The molecule has 0 heterocycles. The highest BCUT2D eigenvalue weighted by Crippen LogP contribution is 2.17. The third-order valence-corrected chi connectivity index (χ3v) is 11.1. The van der Waals surface area contributed by atoms with Crippen LogP contribution in [0.15, 0.2) is 0 Å². The van der Waals surface area contributed by atoms with Crippen LogP contribution < -0.4 is 0 Å². The summed E-state index contributed by atoms with van der Waals surface area (Å²) in [6.45, 7) is 13.7. The molecular weight excluding hydrogens is 697 g/mol. The minimum atomic E-state index is -0.762. The van der Waals surface area contributed by atoms with E-state index in [4.69, 9.17) is 14.2 Å². The molecule has 6 nitrogen and oxygen atoms in total. The molecular formula is C50H96O6. The Bertz CT molecular complexity index is 868. The number of hydrogen-bond acceptors (Lipinski definition) is 6. The summed E-state index contributed by atoms with van der Waals surface area (Å²) < 4.78 is 16.8. The number of carbonyl (C=O) groups is 3. The van der Waals surface area contributed by atoms with E-state index in [0.29, 0.717) is 19.3 Å². The van der Waals surface area contributed by atoms with Gasteiger partial charge in [-0.15, -0.1) is 0 Å². The number of carbonyl (C=O) groups excluding carboxylic acids is 3. The first kappa shape index (κ1) is 54.4. The molecule has 0 aliphatic rings. The second-order valence-electron chi connectivity index (χ2n) is 18.5. The van der Waals surface area contributed by atoms with Crippen molar-refractivity contribution >= 4 is 17.9 Å². The van der Waals surface area contributed by atoms with Gasteiger partial charge in [0.25, 0.3) is 0 Å². The molecule has 0 saturated carbocycles. The third kappa shape index (κ3) is 43.5. The Balaban J connectivity index is 4.33. The summed E-state index contributed by atoms with van der Waals surface area (Å²) in [5.74, 6) is 1.58. The van der Waals surface area contributed by atoms with Gasteiger partial charge in [-0.25, -0.2) is 0 Å². The van der Waals surface area contributed by atoms with Gasteiger partial charge in [0.2, 0.25) is 0 Å². The molecule has 0 radical (unpaired) electrons. The summed E-state index contributed by atoms with van der Waals surface area (Å²) in [5.41, 5.74) is 0. The first-order valence-electron chi connectivity index (χ1n) is 24.6. The van der Waals surface area contributed by atoms with Crippen molar-refractivity contribution in [3.8, 4) is 0 Å². The maximum atomic E-state index is 12.7. The Morgan fingerprint density at radius 3 is 0.768 bits per heavy atom. The Morgan fingerprint density at radius 2 is 0.518 bits per heavy atom. The second-order valence-corrected chi connectivity index (χ2v) is 18.5. The Morgan fingerprint density at radius 1 is 0.304 bits per heavy atom. The molecule has 0 amide bonds. The lowest BCUT2D eigenvalue weighted by Crippen LogP contribution is -2.30. The normalized spacial score (nSPS) is 12.2. The van der Waals surface area contributed by atoms with E-state index in [1.165, 1.54) is 148 Å². The van der Waals surface area contributed by atoms with Crippen LogP contribution in [0.5, 0.6) is 0 Å². The molecule has 332 valence electrons. The van der Waals surface area contributed by atoms with E-state index >= 15 is 0 Å². The van der Waals surface area contributed by atoms with Crippen molar-refractivity contribution in [1.29, 1.82) is 0 Å². The summed E-state index contributed by atoms with van der Waals surface area (Å²) in [6.07, 6.45) is 39.5. The van der Waals surface area contributed by atoms with Gasteiger partial charge >= 0.3 is 17.9 Å². The molecule has 0 aliphatic heterocycles. The number of unbranched alkanes of at least 4 members (excludes halogenated alkanes) is 26. The standard InChI is InChI=1S/C50H96O6/c1-44(2)36-30-24-18-12-8-7-9-14-21-27-33-39-48(51)54-42-47(43-55-49(52)40-34-28-22-17-16-20-26-32-38-46(5)6)56-50(53)41-35-29-23-15-11-10-13-19-25-31-37-45(3)4/h44-47H,7-43H2,1-6H3/t47-/m1/s1. The molecule has 0 unspecified atom stereocenters. The summed E-state index contributed by atoms with van der Waals surface area (Å²) in [4.78, 5) is 37.8. The van der Waals surface area contributed by atoms with Gasteiger partial charge in [0.05, 0.1) is 0 Å². The summed E-state index contributed by atoms with van der Waals surface area (Å²) >= 11 is 0. The van der Waals surface area contributed by atoms with E-state index in [1.54, 1.807) is 0 Å². The van der Waals surface area contributed by atoms with Crippen molar-refractivity contribution in [2.45, 2.75) is 272 Å². The van der Waals surface area contributed by atoms with Gasteiger partial charge in [0.15, 0.2) is 6.10 Å². The summed E-state index contributed by atoms with van der Waals surface area (Å²) in [6, 6.07) is 0. The summed E-state index contributed by atoms with van der Waals surface area (Å²) in [7, 11) is 0. The first-order valence-corrected chi connectivity index (χ1v) is 24.6. The highest BCUT2D eigenvalue weighted by Gasteiger charge is 2.19. The predicted octanol–water partition coefficient (Wildman–Crippen LogP) is 15.6. The Kier molecular flexibility index (Phi) is 40.4. The molecule has 0 aromatic heterocycles. The second kappa shape index (κ2) is 41.6. The van der Waals surface area contributed by atoms with E-state index in [1.807, 2.05) is 0 Å². The van der Waals surface area contributed by atoms with Crippen LogP contribution in [0.25, 0.3) is 0 Å². The first-order chi connectivity index (χ1) is 27.1. The third-order valence-electron chi connectivity index (χ3n) is 11.1. The van der Waals surface area contributed by atoms with E-state index in [2.05, 4.69) is 41.5 Å². The molecule has 0 rings (SSSR count). The molecule has 6 heteroatoms. The molecule has 56 heavy (non-hydrogen) atoms. The molecule has 0 fully saturated rings. The Labute approximate surface area is 348 Å². The molecule has 0 spiro atoms. The molecule has 0 saturated heterocycles. The van der Waals surface area contributed by atoms with Crippen molar-refractivity contribution in [2.75, 3.05) is 13.2 Å². The largest absolute Gasteiger partial charge is 0.462 e. The van der Waals surface area contributed by atoms with Crippen LogP contribution in [0.3, 0.4) is 0 Å². The fourth-order valence-corrected chi connectivity index (χ4v) is 7.41. The molecule has 0 aliphatic carbocycles. The van der Waals surface area contributed by atoms with Crippen LogP contribution in [0.4, 0.5) is 0 Å². The highest BCUT2D eigenvalue weighted by atomic mass is 16.6. The van der Waals surface area contributed by atoms with Gasteiger partial charge in [-0.1, -0.05) is 228 Å². The van der Waals surface area contributed by atoms with Crippen LogP contribution in [-0.4, -0.2) is 37.2 Å². The quantitative estimate of drug-likeness (QED) is 0.0348. The molecule has 1 atom stereocenters. The van der Waals surface area contributed by atoms with Gasteiger partial charge in [-0.05, 0) is 37.0 Å². The van der Waals surface area contributed by atoms with Crippen molar-refractivity contribution < 1.29 is 28.6 Å². The van der Waals surface area contributed by atoms with Crippen LogP contribution in [-0.2, 0) is 28.6 Å². The van der Waals surface area contributed by atoms with Gasteiger partial charge in [-0.3, -0.25) is 14.4 Å². The van der Waals surface area contributed by atoms with Crippen molar-refractivity contribution in [3.63, 3.8) is 0 Å². The fourth-order valence-electron chi connectivity index (χ4n) is 7.41. The predicted molar refractivity (Wildman–Crippen MR) is 238 cm³/mol. The van der Waals surface area contributed by atoms with Crippen molar-refractivity contribution in [1.82, 2.24) is 0 Å². The molecule has 0 aromatic carbocycles. The van der Waals surface area contributed by atoms with Gasteiger partial charge in [0, 0.05) is 19.3 Å². The SMILES string of the molecule is CC(C)CCCCCCCCCCCCCC(=O)OC[C@H](COC(=O)CCCCCCCCCCC(C)C)OC(=O)CCCCCCCCCCCCC(C)C. The molecule has 0 bridgehead atoms. The number of esters is 3.